The Bertz CT molecular complexity index is 389. The van der Waals surface area contributed by atoms with E-state index in [4.69, 9.17) is 4.74 Å². The first kappa shape index (κ1) is 13.4. The van der Waals surface area contributed by atoms with Gasteiger partial charge >= 0.3 is 0 Å². The zero-order chi connectivity index (χ0) is 12.7. The van der Waals surface area contributed by atoms with Gasteiger partial charge in [-0.05, 0) is 19.1 Å². The molecule has 0 aliphatic rings. The van der Waals surface area contributed by atoms with E-state index in [-0.39, 0.29) is 24.3 Å². The number of hydrogen-bond acceptors (Lipinski definition) is 4. The zero-order valence-electron chi connectivity index (χ0n) is 9.61. The lowest BCUT2D eigenvalue weighted by atomic mass is 10.1. The standard InChI is InChI=1S/C12H14FNO3/c1-2-17-6-5-10(15)7-12(16)11-4-3-9(13)8-14-11/h3-4,8H,2,5-7H2,1H3. The average molecular weight is 239 g/mol. The number of aromatic nitrogens is 1. The topological polar surface area (TPSA) is 56.3 Å². The van der Waals surface area contributed by atoms with Crippen molar-refractivity contribution in [1.82, 2.24) is 4.98 Å². The minimum absolute atomic E-state index is 0.108. The monoisotopic (exact) mass is 239 g/mol. The summed E-state index contributed by atoms with van der Waals surface area (Å²) in [5, 5.41) is 0. The number of Topliss-reactive ketones (excluding diaryl/α,β-unsaturated/α-hetero) is 2. The van der Waals surface area contributed by atoms with Crippen molar-refractivity contribution in [2.24, 2.45) is 0 Å². The highest BCUT2D eigenvalue weighted by molar-refractivity contribution is 6.06. The van der Waals surface area contributed by atoms with E-state index in [1.165, 1.54) is 6.07 Å². The molecule has 0 spiro atoms. The van der Waals surface area contributed by atoms with Crippen LogP contribution in [0.1, 0.15) is 30.3 Å². The molecule has 92 valence electrons. The van der Waals surface area contributed by atoms with Crippen LogP contribution in [0.5, 0.6) is 0 Å². The highest BCUT2D eigenvalue weighted by Gasteiger charge is 2.12. The van der Waals surface area contributed by atoms with Gasteiger partial charge in [0.15, 0.2) is 5.78 Å². The lowest BCUT2D eigenvalue weighted by Crippen LogP contribution is -2.11. The highest BCUT2D eigenvalue weighted by Crippen LogP contribution is 2.03. The molecule has 0 N–H and O–H groups in total. The molecule has 0 aliphatic heterocycles. The van der Waals surface area contributed by atoms with E-state index >= 15 is 0 Å². The summed E-state index contributed by atoms with van der Waals surface area (Å²) in [4.78, 5) is 26.5. The highest BCUT2D eigenvalue weighted by atomic mass is 19.1. The zero-order valence-corrected chi connectivity index (χ0v) is 9.61. The molecule has 4 nitrogen and oxygen atoms in total. The fourth-order valence-electron chi connectivity index (χ4n) is 1.23. The molecule has 0 aliphatic carbocycles. The van der Waals surface area contributed by atoms with E-state index in [9.17, 15) is 14.0 Å². The van der Waals surface area contributed by atoms with E-state index in [2.05, 4.69) is 4.98 Å². The second-order valence-electron chi connectivity index (χ2n) is 3.45. The summed E-state index contributed by atoms with van der Waals surface area (Å²) in [5.41, 5.74) is 0.108. The van der Waals surface area contributed by atoms with E-state index < -0.39 is 11.6 Å². The first-order chi connectivity index (χ1) is 8.13. The number of rotatable bonds is 7. The van der Waals surface area contributed by atoms with Crippen molar-refractivity contribution >= 4 is 11.6 Å². The quantitative estimate of drug-likeness (QED) is 0.413. The molecule has 0 fully saturated rings. The average Bonchev–Trinajstić information content (AvgIpc) is 2.30. The summed E-state index contributed by atoms with van der Waals surface area (Å²) in [6, 6.07) is 2.42. The molecule has 0 bridgehead atoms. The fourth-order valence-corrected chi connectivity index (χ4v) is 1.23. The summed E-state index contributed by atoms with van der Waals surface area (Å²) in [5.74, 6) is -1.11. The molecular formula is C12H14FNO3. The molecule has 5 heteroatoms. The van der Waals surface area contributed by atoms with Gasteiger partial charge in [0.1, 0.15) is 17.3 Å². The van der Waals surface area contributed by atoms with Gasteiger partial charge in [0.2, 0.25) is 0 Å². The van der Waals surface area contributed by atoms with Gasteiger partial charge in [-0.1, -0.05) is 0 Å². The Hall–Kier alpha value is -1.62. The molecule has 0 aromatic carbocycles. The summed E-state index contributed by atoms with van der Waals surface area (Å²) >= 11 is 0. The van der Waals surface area contributed by atoms with Gasteiger partial charge in [0, 0.05) is 13.0 Å². The maximum absolute atomic E-state index is 12.6. The smallest absolute Gasteiger partial charge is 0.188 e. The van der Waals surface area contributed by atoms with Crippen LogP contribution in [0.4, 0.5) is 4.39 Å². The van der Waals surface area contributed by atoms with Gasteiger partial charge < -0.3 is 4.74 Å². The van der Waals surface area contributed by atoms with Crippen LogP contribution in [-0.4, -0.2) is 29.8 Å². The third-order valence-corrected chi connectivity index (χ3v) is 2.10. The Labute approximate surface area is 98.8 Å². The predicted molar refractivity (Wildman–Crippen MR) is 59.3 cm³/mol. The molecule has 1 aromatic rings. The lowest BCUT2D eigenvalue weighted by molar-refractivity contribution is -0.119. The van der Waals surface area contributed by atoms with Crippen LogP contribution in [-0.2, 0) is 9.53 Å². The van der Waals surface area contributed by atoms with Crippen molar-refractivity contribution in [3.05, 3.63) is 29.8 Å². The summed E-state index contributed by atoms with van der Waals surface area (Å²) < 4.78 is 17.6. The molecule has 17 heavy (non-hydrogen) atoms. The maximum Gasteiger partial charge on any atom is 0.188 e. The minimum Gasteiger partial charge on any atom is -0.381 e. The lowest BCUT2D eigenvalue weighted by Gasteiger charge is -2.01. The second kappa shape index (κ2) is 6.85. The van der Waals surface area contributed by atoms with Crippen molar-refractivity contribution in [3.63, 3.8) is 0 Å². The fraction of sp³-hybridized carbons (Fsp3) is 0.417. The summed E-state index contributed by atoms with van der Waals surface area (Å²) in [6.07, 6.45) is 0.949. The van der Waals surface area contributed by atoms with Gasteiger partial charge in [-0.15, -0.1) is 0 Å². The number of ether oxygens (including phenoxy) is 1. The first-order valence-corrected chi connectivity index (χ1v) is 5.37. The van der Waals surface area contributed by atoms with E-state index in [0.717, 1.165) is 12.3 Å². The number of carbonyl (C=O) groups is 2. The van der Waals surface area contributed by atoms with Crippen LogP contribution in [0.15, 0.2) is 18.3 Å². The van der Waals surface area contributed by atoms with Crippen LogP contribution in [0.3, 0.4) is 0 Å². The van der Waals surface area contributed by atoms with Crippen LogP contribution in [0, 0.1) is 5.82 Å². The molecule has 0 atom stereocenters. The van der Waals surface area contributed by atoms with Gasteiger partial charge in [0.25, 0.3) is 0 Å². The van der Waals surface area contributed by atoms with Crippen molar-refractivity contribution < 1.29 is 18.7 Å². The van der Waals surface area contributed by atoms with Crippen LogP contribution < -0.4 is 0 Å². The predicted octanol–water partition coefficient (Wildman–Crippen LogP) is 1.79. The molecule has 0 radical (unpaired) electrons. The minimum atomic E-state index is -0.510. The molecule has 1 rings (SSSR count). The number of ketones is 2. The van der Waals surface area contributed by atoms with Crippen LogP contribution >= 0.6 is 0 Å². The Morgan fingerprint density at radius 2 is 2.18 bits per heavy atom. The number of halogens is 1. The van der Waals surface area contributed by atoms with Gasteiger partial charge in [0.05, 0.1) is 19.2 Å². The largest absolute Gasteiger partial charge is 0.381 e. The van der Waals surface area contributed by atoms with Crippen molar-refractivity contribution in [3.8, 4) is 0 Å². The Morgan fingerprint density at radius 1 is 1.41 bits per heavy atom. The van der Waals surface area contributed by atoms with Gasteiger partial charge in [-0.3, -0.25) is 14.6 Å². The molecule has 1 heterocycles. The molecule has 0 saturated carbocycles. The molecule has 0 saturated heterocycles. The first-order valence-electron chi connectivity index (χ1n) is 5.37. The second-order valence-corrected chi connectivity index (χ2v) is 3.45. The van der Waals surface area contributed by atoms with Crippen LogP contribution in [0.25, 0.3) is 0 Å². The van der Waals surface area contributed by atoms with Gasteiger partial charge in [-0.2, -0.15) is 0 Å². The van der Waals surface area contributed by atoms with Crippen molar-refractivity contribution in [1.29, 1.82) is 0 Å². The van der Waals surface area contributed by atoms with Crippen molar-refractivity contribution in [2.75, 3.05) is 13.2 Å². The summed E-state index contributed by atoms with van der Waals surface area (Å²) in [6.45, 7) is 2.69. The number of hydrogen-bond donors (Lipinski definition) is 0. The maximum atomic E-state index is 12.6. The Balaban J connectivity index is 2.43. The molecule has 1 aromatic heterocycles. The Morgan fingerprint density at radius 3 is 2.76 bits per heavy atom. The number of pyridine rings is 1. The molecular weight excluding hydrogens is 225 g/mol. The molecule has 0 amide bonds. The van der Waals surface area contributed by atoms with E-state index in [0.29, 0.717) is 13.2 Å². The summed E-state index contributed by atoms with van der Waals surface area (Å²) in [7, 11) is 0. The van der Waals surface area contributed by atoms with Crippen molar-refractivity contribution in [2.45, 2.75) is 19.8 Å². The third kappa shape index (κ3) is 4.82. The van der Waals surface area contributed by atoms with Crippen LogP contribution in [0.2, 0.25) is 0 Å². The SMILES string of the molecule is CCOCCC(=O)CC(=O)c1ccc(F)cn1. The normalized spacial score (nSPS) is 10.2. The van der Waals surface area contributed by atoms with E-state index in [1.807, 2.05) is 6.92 Å². The van der Waals surface area contributed by atoms with E-state index in [1.54, 1.807) is 0 Å². The molecule has 0 unspecified atom stereocenters. The number of carbonyl (C=O) groups excluding carboxylic acids is 2. The van der Waals surface area contributed by atoms with Gasteiger partial charge in [-0.25, -0.2) is 4.39 Å². The number of nitrogens with zero attached hydrogens (tertiary/aromatic N) is 1. The Kier molecular flexibility index (Phi) is 5.42. The third-order valence-electron chi connectivity index (χ3n) is 2.10.